The van der Waals surface area contributed by atoms with Gasteiger partial charge in [0.1, 0.15) is 5.52 Å². The molecule has 0 bridgehead atoms. The molecule has 1 aromatic carbocycles. The first-order valence-electron chi connectivity index (χ1n) is 5.46. The summed E-state index contributed by atoms with van der Waals surface area (Å²) < 4.78 is 1.42. The van der Waals surface area contributed by atoms with E-state index in [-0.39, 0.29) is 5.15 Å². The first-order valence-corrected chi connectivity index (χ1v) is 6.21. The van der Waals surface area contributed by atoms with Gasteiger partial charge in [-0.05, 0) is 36.4 Å². The van der Waals surface area contributed by atoms with E-state index in [0.29, 0.717) is 21.9 Å². The van der Waals surface area contributed by atoms with E-state index in [9.17, 15) is 4.79 Å². The quantitative estimate of drug-likeness (QED) is 0.692. The van der Waals surface area contributed by atoms with Crippen LogP contribution in [0.4, 0.5) is 0 Å². The highest BCUT2D eigenvalue weighted by atomic mass is 35.5. The van der Waals surface area contributed by atoms with Crippen LogP contribution in [0.2, 0.25) is 10.2 Å². The Morgan fingerprint density at radius 3 is 2.53 bits per heavy atom. The van der Waals surface area contributed by atoms with Gasteiger partial charge in [0, 0.05) is 11.2 Å². The molecule has 2 heterocycles. The second-order valence-electron chi connectivity index (χ2n) is 3.87. The van der Waals surface area contributed by atoms with Gasteiger partial charge in [0.05, 0.1) is 5.69 Å². The number of halogens is 2. The van der Waals surface area contributed by atoms with Crippen LogP contribution in [0.5, 0.6) is 0 Å². The van der Waals surface area contributed by atoms with E-state index in [2.05, 4.69) is 9.97 Å². The van der Waals surface area contributed by atoms with Gasteiger partial charge in [-0.15, -0.1) is 0 Å². The van der Waals surface area contributed by atoms with Crippen LogP contribution in [0, 0.1) is 0 Å². The van der Waals surface area contributed by atoms with E-state index >= 15 is 0 Å². The van der Waals surface area contributed by atoms with E-state index in [1.54, 1.807) is 42.6 Å². The van der Waals surface area contributed by atoms with Crippen molar-refractivity contribution in [2.75, 3.05) is 0 Å². The highest BCUT2D eigenvalue weighted by Crippen LogP contribution is 2.17. The molecule has 0 aliphatic rings. The lowest BCUT2D eigenvalue weighted by Gasteiger charge is -2.09. The van der Waals surface area contributed by atoms with Gasteiger partial charge >= 0.3 is 0 Å². The van der Waals surface area contributed by atoms with Crippen molar-refractivity contribution in [1.29, 1.82) is 0 Å². The average Bonchev–Trinajstić information content (AvgIpc) is 2.42. The highest BCUT2D eigenvalue weighted by molar-refractivity contribution is 6.30. The third kappa shape index (κ3) is 2.09. The number of hydrogen-bond acceptors (Lipinski definition) is 3. The van der Waals surface area contributed by atoms with Gasteiger partial charge in [-0.3, -0.25) is 9.36 Å². The van der Waals surface area contributed by atoms with Crippen molar-refractivity contribution in [3.05, 3.63) is 63.1 Å². The molecule has 3 rings (SSSR count). The van der Waals surface area contributed by atoms with Gasteiger partial charge < -0.3 is 0 Å². The van der Waals surface area contributed by atoms with Crippen LogP contribution in [-0.2, 0) is 0 Å². The number of rotatable bonds is 1. The van der Waals surface area contributed by atoms with Gasteiger partial charge in [0.2, 0.25) is 0 Å². The minimum absolute atomic E-state index is 0.0875. The highest BCUT2D eigenvalue weighted by Gasteiger charge is 2.11. The number of pyridine rings is 1. The summed E-state index contributed by atoms with van der Waals surface area (Å²) >= 11 is 11.7. The summed E-state index contributed by atoms with van der Waals surface area (Å²) in [6.45, 7) is 0. The fourth-order valence-corrected chi connectivity index (χ4v) is 2.12. The SMILES string of the molecule is O=c1c(Cl)nc2cccnc2n1-c1ccc(Cl)cc1. The maximum absolute atomic E-state index is 12.2. The molecule has 6 heteroatoms. The third-order valence-corrected chi connectivity index (χ3v) is 3.16. The first-order chi connectivity index (χ1) is 9.16. The lowest BCUT2D eigenvalue weighted by atomic mass is 10.3. The molecule has 0 fully saturated rings. The predicted molar refractivity (Wildman–Crippen MR) is 75.2 cm³/mol. The van der Waals surface area contributed by atoms with Crippen molar-refractivity contribution < 1.29 is 0 Å². The van der Waals surface area contributed by atoms with Crippen LogP contribution >= 0.6 is 23.2 Å². The Morgan fingerprint density at radius 1 is 1.05 bits per heavy atom. The van der Waals surface area contributed by atoms with E-state index in [1.165, 1.54) is 4.57 Å². The van der Waals surface area contributed by atoms with Gasteiger partial charge in [-0.25, -0.2) is 9.97 Å². The Labute approximate surface area is 118 Å². The zero-order valence-corrected chi connectivity index (χ0v) is 11.1. The van der Waals surface area contributed by atoms with Gasteiger partial charge in [-0.1, -0.05) is 23.2 Å². The summed E-state index contributed by atoms with van der Waals surface area (Å²) in [6.07, 6.45) is 1.60. The largest absolute Gasteiger partial charge is 0.294 e. The third-order valence-electron chi connectivity index (χ3n) is 2.66. The number of nitrogens with zero attached hydrogens (tertiary/aromatic N) is 3. The molecule has 94 valence electrons. The average molecular weight is 292 g/mol. The molecule has 2 aromatic heterocycles. The van der Waals surface area contributed by atoms with Crippen LogP contribution in [0.1, 0.15) is 0 Å². The number of fused-ring (bicyclic) bond motifs is 1. The molecule has 0 aliphatic carbocycles. The Bertz CT molecular complexity index is 812. The molecule has 0 saturated heterocycles. The van der Waals surface area contributed by atoms with Crippen molar-refractivity contribution in [3.63, 3.8) is 0 Å². The molecule has 4 nitrogen and oxygen atoms in total. The smallest absolute Gasteiger partial charge is 0.265 e. The minimum Gasteiger partial charge on any atom is -0.265 e. The lowest BCUT2D eigenvalue weighted by Crippen LogP contribution is -2.21. The van der Waals surface area contributed by atoms with E-state index < -0.39 is 5.56 Å². The van der Waals surface area contributed by atoms with Crippen LogP contribution in [0.3, 0.4) is 0 Å². The number of aromatic nitrogens is 3. The second kappa shape index (κ2) is 4.64. The molecule has 0 radical (unpaired) electrons. The maximum Gasteiger partial charge on any atom is 0.294 e. The van der Waals surface area contributed by atoms with Gasteiger partial charge in [0.25, 0.3) is 5.56 Å². The van der Waals surface area contributed by atoms with Crippen LogP contribution in [0.15, 0.2) is 47.4 Å². The molecule has 0 atom stereocenters. The second-order valence-corrected chi connectivity index (χ2v) is 4.66. The van der Waals surface area contributed by atoms with Crippen LogP contribution in [0.25, 0.3) is 16.9 Å². The minimum atomic E-state index is -0.407. The van der Waals surface area contributed by atoms with Gasteiger partial charge in [0.15, 0.2) is 10.8 Å². The Morgan fingerprint density at radius 2 is 1.79 bits per heavy atom. The summed E-state index contributed by atoms with van der Waals surface area (Å²) in [6, 6.07) is 10.4. The molecule has 19 heavy (non-hydrogen) atoms. The fourth-order valence-electron chi connectivity index (χ4n) is 1.82. The Balaban J connectivity index is 2.42. The Kier molecular flexibility index (Phi) is 2.97. The normalized spacial score (nSPS) is 10.8. The lowest BCUT2D eigenvalue weighted by molar-refractivity contribution is 0.991. The van der Waals surface area contributed by atoms with Crippen LogP contribution in [-0.4, -0.2) is 14.5 Å². The number of hydrogen-bond donors (Lipinski definition) is 0. The summed E-state index contributed by atoms with van der Waals surface area (Å²) in [4.78, 5) is 20.4. The molecular formula is C13H7Cl2N3O. The number of benzene rings is 1. The maximum atomic E-state index is 12.2. The molecule has 0 saturated carbocycles. The topological polar surface area (TPSA) is 47.8 Å². The molecule has 0 N–H and O–H groups in total. The molecule has 0 spiro atoms. The fraction of sp³-hybridized carbons (Fsp3) is 0. The summed E-state index contributed by atoms with van der Waals surface area (Å²) in [7, 11) is 0. The zero-order chi connectivity index (χ0) is 13.4. The van der Waals surface area contributed by atoms with E-state index in [0.717, 1.165) is 0 Å². The van der Waals surface area contributed by atoms with Crippen molar-refractivity contribution in [2.24, 2.45) is 0 Å². The summed E-state index contributed by atoms with van der Waals surface area (Å²) in [5, 5.41) is 0.504. The predicted octanol–water partition coefficient (Wildman–Crippen LogP) is 3.09. The molecule has 0 unspecified atom stereocenters. The summed E-state index contributed by atoms with van der Waals surface area (Å²) in [5.41, 5.74) is 1.25. The van der Waals surface area contributed by atoms with Crippen molar-refractivity contribution >= 4 is 34.4 Å². The Hall–Kier alpha value is -1.91. The van der Waals surface area contributed by atoms with E-state index in [1.807, 2.05) is 0 Å². The molecule has 3 aromatic rings. The van der Waals surface area contributed by atoms with Gasteiger partial charge in [-0.2, -0.15) is 0 Å². The standard InChI is InChI=1S/C13H7Cl2N3O/c14-8-3-5-9(6-4-8)18-12-10(2-1-7-16-12)17-11(15)13(18)19/h1-7H. The van der Waals surface area contributed by atoms with Crippen molar-refractivity contribution in [1.82, 2.24) is 14.5 Å². The molecule has 0 amide bonds. The molecular weight excluding hydrogens is 285 g/mol. The molecule has 0 aliphatic heterocycles. The van der Waals surface area contributed by atoms with E-state index in [4.69, 9.17) is 23.2 Å². The van der Waals surface area contributed by atoms with Crippen molar-refractivity contribution in [2.45, 2.75) is 0 Å². The zero-order valence-electron chi connectivity index (χ0n) is 9.55. The van der Waals surface area contributed by atoms with Crippen molar-refractivity contribution in [3.8, 4) is 5.69 Å². The first kappa shape index (κ1) is 12.1. The van der Waals surface area contributed by atoms with Crippen LogP contribution < -0.4 is 5.56 Å². The summed E-state index contributed by atoms with van der Waals surface area (Å²) in [5.74, 6) is 0. The monoisotopic (exact) mass is 291 g/mol.